The molecule has 1 aromatic rings. The van der Waals surface area contributed by atoms with E-state index >= 15 is 0 Å². The number of halogens is 1. The summed E-state index contributed by atoms with van der Waals surface area (Å²) < 4.78 is 13.3. The molecule has 1 fully saturated rings. The Balaban J connectivity index is 2.82. The van der Waals surface area contributed by atoms with Crippen LogP contribution in [0, 0.1) is 0 Å². The molecule has 0 saturated carbocycles. The number of nitrogens with zero attached hydrogens (tertiary/aromatic N) is 2. The molecule has 1 aliphatic heterocycles. The average molecular weight is 534 g/mol. The van der Waals surface area contributed by atoms with E-state index in [2.05, 4.69) is 125 Å². The molecule has 0 spiro atoms. The molecule has 1 saturated heterocycles. The zero-order chi connectivity index (χ0) is 23.2. The maximum atomic E-state index is 6.96. The average Bonchev–Trinajstić information content (AvgIpc) is 3.31. The van der Waals surface area contributed by atoms with Crippen LogP contribution in [-0.2, 0) is 16.5 Å². The van der Waals surface area contributed by atoms with E-state index in [1.165, 1.54) is 5.56 Å². The third-order valence-electron chi connectivity index (χ3n) is 6.02. The molecule has 0 bridgehead atoms. The molecule has 0 N–H and O–H groups in total. The quantitative estimate of drug-likeness (QED) is 0.184. The second kappa shape index (κ2) is 9.36. The van der Waals surface area contributed by atoms with Gasteiger partial charge in [0.05, 0.1) is 8.07 Å². The van der Waals surface area contributed by atoms with Crippen molar-refractivity contribution in [3.05, 3.63) is 34.3 Å². The molecule has 0 unspecified atom stereocenters. The fraction of sp³-hybridized carbons (Fsp3) is 0.739. The summed E-state index contributed by atoms with van der Waals surface area (Å²) in [6, 6.07) is 10.1. The smallest absolute Gasteiger partial charge is 0.140 e. The zero-order valence-electron chi connectivity index (χ0n) is 20.7. The van der Waals surface area contributed by atoms with Crippen molar-refractivity contribution in [1.82, 2.24) is 9.34 Å². The van der Waals surface area contributed by atoms with Crippen molar-refractivity contribution in [1.29, 1.82) is 0 Å². The van der Waals surface area contributed by atoms with Crippen molar-refractivity contribution in [2.75, 3.05) is 0 Å². The number of benzene rings is 1. The SMILES string of the molecule is CC(C)N(C(C)C)P(=S)(N(C(C)C)C(C)C)[C@]1([Si](C)(C)C)O[C@H]1c1ccc(Br)cc1. The first kappa shape index (κ1) is 26.7. The van der Waals surface area contributed by atoms with Gasteiger partial charge in [0, 0.05) is 28.6 Å². The Morgan fingerprint density at radius 2 is 1.23 bits per heavy atom. The van der Waals surface area contributed by atoms with Crippen molar-refractivity contribution in [2.24, 2.45) is 0 Å². The standard InChI is InChI=1S/C23H42BrN2OPSSi/c1-16(2)25(17(3)4)28(29,26(18(5)6)19(7)8)23(30(9,10)11)22(27-23)20-12-14-21(24)15-13-20/h12-19,22H,1-11H3/t22-,23+/m0/s1. The van der Waals surface area contributed by atoms with E-state index in [1.807, 2.05) is 0 Å². The molecule has 3 nitrogen and oxygen atoms in total. The normalized spacial score (nSPS) is 22.9. The summed E-state index contributed by atoms with van der Waals surface area (Å²) in [6.07, 6.45) is -2.21. The highest BCUT2D eigenvalue weighted by atomic mass is 79.9. The van der Waals surface area contributed by atoms with Crippen LogP contribution in [0.15, 0.2) is 28.7 Å². The zero-order valence-corrected chi connectivity index (χ0v) is 25.0. The van der Waals surface area contributed by atoms with Crippen LogP contribution in [0.2, 0.25) is 19.6 Å². The lowest BCUT2D eigenvalue weighted by atomic mass is 10.2. The van der Waals surface area contributed by atoms with Crippen LogP contribution in [0.4, 0.5) is 0 Å². The highest BCUT2D eigenvalue weighted by Gasteiger charge is 2.75. The Hall–Kier alpha value is 0.447. The number of rotatable bonds is 9. The third-order valence-corrected chi connectivity index (χ3v) is 18.8. The van der Waals surface area contributed by atoms with E-state index in [9.17, 15) is 0 Å². The van der Waals surface area contributed by atoms with Gasteiger partial charge in [-0.2, -0.15) is 0 Å². The van der Waals surface area contributed by atoms with Crippen molar-refractivity contribution >= 4 is 42.1 Å². The minimum Gasteiger partial charge on any atom is -0.357 e. The van der Waals surface area contributed by atoms with Gasteiger partial charge >= 0.3 is 0 Å². The summed E-state index contributed by atoms with van der Waals surface area (Å²) in [5.41, 5.74) is 1.26. The van der Waals surface area contributed by atoms with E-state index in [0.29, 0.717) is 24.2 Å². The van der Waals surface area contributed by atoms with Crippen LogP contribution >= 0.6 is 22.3 Å². The van der Waals surface area contributed by atoms with Gasteiger partial charge in [0.1, 0.15) is 17.4 Å². The highest BCUT2D eigenvalue weighted by Crippen LogP contribution is 2.81. The molecule has 30 heavy (non-hydrogen) atoms. The van der Waals surface area contributed by atoms with Gasteiger partial charge in [0.2, 0.25) is 0 Å². The first-order valence-corrected chi connectivity index (χ1v) is 18.2. The van der Waals surface area contributed by atoms with Crippen molar-refractivity contribution in [3.8, 4) is 0 Å². The lowest BCUT2D eigenvalue weighted by Gasteiger charge is -2.55. The van der Waals surface area contributed by atoms with Crippen LogP contribution in [0.3, 0.4) is 0 Å². The molecule has 0 aromatic heterocycles. The predicted octanol–water partition coefficient (Wildman–Crippen LogP) is 7.64. The van der Waals surface area contributed by atoms with E-state index in [4.69, 9.17) is 16.5 Å². The Morgan fingerprint density at radius 3 is 1.53 bits per heavy atom. The molecule has 0 amide bonds. The van der Waals surface area contributed by atoms with E-state index in [0.717, 1.165) is 4.47 Å². The molecule has 1 aromatic carbocycles. The highest BCUT2D eigenvalue weighted by molar-refractivity contribution is 9.10. The van der Waals surface area contributed by atoms with E-state index < -0.39 is 14.4 Å². The molecule has 2 atom stereocenters. The fourth-order valence-electron chi connectivity index (χ4n) is 5.21. The van der Waals surface area contributed by atoms with Crippen LogP contribution < -0.4 is 0 Å². The van der Waals surface area contributed by atoms with Gasteiger partial charge < -0.3 is 4.74 Å². The first-order valence-electron chi connectivity index (χ1n) is 11.2. The molecule has 1 heterocycles. The van der Waals surface area contributed by atoms with Gasteiger partial charge in [-0.05, 0) is 73.1 Å². The van der Waals surface area contributed by atoms with Crippen molar-refractivity contribution in [2.45, 2.75) is 110 Å². The lowest BCUT2D eigenvalue weighted by Crippen LogP contribution is -2.55. The predicted molar refractivity (Wildman–Crippen MR) is 143 cm³/mol. The molecular weight excluding hydrogens is 491 g/mol. The lowest BCUT2D eigenvalue weighted by molar-refractivity contribution is 0.242. The first-order chi connectivity index (χ1) is 13.6. The number of hydrogen-bond donors (Lipinski definition) is 0. The van der Waals surface area contributed by atoms with Crippen LogP contribution in [0.5, 0.6) is 0 Å². The summed E-state index contributed by atoms with van der Waals surface area (Å²) in [5, 5.41) is 0. The summed E-state index contributed by atoms with van der Waals surface area (Å²) in [4.78, 5) is -0.272. The number of hydrogen-bond acceptors (Lipinski definition) is 2. The monoisotopic (exact) mass is 532 g/mol. The Morgan fingerprint density at radius 1 is 0.867 bits per heavy atom. The topological polar surface area (TPSA) is 19.0 Å². The van der Waals surface area contributed by atoms with Crippen LogP contribution in [0.25, 0.3) is 0 Å². The van der Waals surface area contributed by atoms with Crippen molar-refractivity contribution < 1.29 is 4.74 Å². The Kier molecular flexibility index (Phi) is 8.33. The molecule has 1 aliphatic rings. The van der Waals surface area contributed by atoms with Crippen LogP contribution in [0.1, 0.15) is 67.1 Å². The number of epoxide rings is 1. The van der Waals surface area contributed by atoms with Gasteiger partial charge in [-0.3, -0.25) is 9.34 Å². The summed E-state index contributed by atoms with van der Waals surface area (Å²) >= 11 is 10.5. The van der Waals surface area contributed by atoms with Crippen molar-refractivity contribution in [3.63, 3.8) is 0 Å². The molecule has 7 heteroatoms. The Bertz CT molecular complexity index is 738. The summed E-state index contributed by atoms with van der Waals surface area (Å²) in [7, 11) is -1.85. The molecule has 0 radical (unpaired) electrons. The maximum Gasteiger partial charge on any atom is 0.140 e. The molecule has 2 rings (SSSR count). The van der Waals surface area contributed by atoms with Gasteiger partial charge in [0.25, 0.3) is 0 Å². The minimum atomic E-state index is -2.28. The molecule has 0 aliphatic carbocycles. The van der Waals surface area contributed by atoms with Gasteiger partial charge in [-0.25, -0.2) is 0 Å². The minimum absolute atomic E-state index is 0.0723. The van der Waals surface area contributed by atoms with Crippen LogP contribution in [-0.4, -0.2) is 46.5 Å². The summed E-state index contributed by atoms with van der Waals surface area (Å²) in [6.45, 7) is 25.8. The van der Waals surface area contributed by atoms with E-state index in [1.54, 1.807) is 0 Å². The van der Waals surface area contributed by atoms with E-state index in [-0.39, 0.29) is 11.1 Å². The van der Waals surface area contributed by atoms with Gasteiger partial charge in [-0.1, -0.05) is 59.5 Å². The Labute approximate surface area is 200 Å². The number of ether oxygens (including phenoxy) is 1. The maximum absolute atomic E-state index is 6.96. The molecular formula is C23H42BrN2OPSSi. The van der Waals surface area contributed by atoms with Gasteiger partial charge in [0.15, 0.2) is 0 Å². The largest absolute Gasteiger partial charge is 0.357 e. The molecule has 172 valence electrons. The second-order valence-corrected chi connectivity index (χ2v) is 21.5. The fourth-order valence-corrected chi connectivity index (χ4v) is 20.4. The second-order valence-electron chi connectivity index (χ2n) is 10.7. The van der Waals surface area contributed by atoms with Gasteiger partial charge in [-0.15, -0.1) is 0 Å². The summed E-state index contributed by atoms with van der Waals surface area (Å²) in [5.74, 6) is 0. The third kappa shape index (κ3) is 4.44.